The number of allylic oxidation sites excluding steroid dienone is 4. The topological polar surface area (TPSA) is 99.1 Å². The SMILES string of the molecule is CCCCCCCCC/C=C/C=C/CCCCCCCC(=O)OC(COCCC(C(=O)O)[N+](C)(C)C)COC(=O)CCCCCCCCCCCCCCCCCCCCC. The van der Waals surface area contributed by atoms with Crippen molar-refractivity contribution in [3.8, 4) is 0 Å². The van der Waals surface area contributed by atoms with E-state index in [0.29, 0.717) is 19.3 Å². The Bertz CT molecular complexity index is 1050. The minimum atomic E-state index is -0.874. The van der Waals surface area contributed by atoms with E-state index in [2.05, 4.69) is 38.2 Å². The second-order valence-corrected chi connectivity index (χ2v) is 18.8. The lowest BCUT2D eigenvalue weighted by Crippen LogP contribution is -2.50. The first-order valence-corrected chi connectivity index (χ1v) is 25.9. The van der Waals surface area contributed by atoms with Crippen LogP contribution < -0.4 is 0 Å². The van der Waals surface area contributed by atoms with Gasteiger partial charge in [-0.2, -0.15) is 0 Å². The minimum Gasteiger partial charge on any atom is -0.477 e. The number of likely N-dealkylation sites (N-methyl/N-ethyl adjacent to an activating group) is 1. The van der Waals surface area contributed by atoms with E-state index in [-0.39, 0.29) is 36.2 Å². The van der Waals surface area contributed by atoms with E-state index >= 15 is 0 Å². The molecule has 0 spiro atoms. The van der Waals surface area contributed by atoms with Crippen LogP contribution in [0.1, 0.15) is 245 Å². The van der Waals surface area contributed by atoms with Crippen LogP contribution in [-0.4, -0.2) is 80.6 Å². The fourth-order valence-corrected chi connectivity index (χ4v) is 7.85. The molecular weight excluding hydrogens is 763 g/mol. The first kappa shape index (κ1) is 58.8. The van der Waals surface area contributed by atoms with Gasteiger partial charge in [0.05, 0.1) is 34.4 Å². The summed E-state index contributed by atoms with van der Waals surface area (Å²) in [4.78, 5) is 37.1. The molecule has 0 saturated heterocycles. The molecule has 0 radical (unpaired) electrons. The van der Waals surface area contributed by atoms with Crippen molar-refractivity contribution in [2.75, 3.05) is 41.0 Å². The zero-order valence-electron chi connectivity index (χ0n) is 40.9. The van der Waals surface area contributed by atoms with Crippen LogP contribution >= 0.6 is 0 Å². The Kier molecular flexibility index (Phi) is 42.8. The largest absolute Gasteiger partial charge is 0.477 e. The van der Waals surface area contributed by atoms with E-state index in [0.717, 1.165) is 57.8 Å². The Morgan fingerprint density at radius 2 is 0.852 bits per heavy atom. The number of carbonyl (C=O) groups excluding carboxylic acids is 2. The summed E-state index contributed by atoms with van der Waals surface area (Å²) >= 11 is 0. The molecule has 0 aliphatic heterocycles. The molecule has 1 N–H and O–H groups in total. The molecule has 8 nitrogen and oxygen atoms in total. The van der Waals surface area contributed by atoms with Crippen molar-refractivity contribution < 1.29 is 38.2 Å². The lowest BCUT2D eigenvalue weighted by atomic mass is 10.0. The number of hydrogen-bond acceptors (Lipinski definition) is 6. The molecule has 2 unspecified atom stereocenters. The highest BCUT2D eigenvalue weighted by molar-refractivity contribution is 5.72. The van der Waals surface area contributed by atoms with Gasteiger partial charge in [-0.25, -0.2) is 4.79 Å². The number of esters is 2. The molecule has 0 saturated carbocycles. The summed E-state index contributed by atoms with van der Waals surface area (Å²) in [5, 5.41) is 9.65. The van der Waals surface area contributed by atoms with E-state index in [1.54, 1.807) is 0 Å². The second kappa shape index (κ2) is 44.4. The zero-order chi connectivity index (χ0) is 44.9. The summed E-state index contributed by atoms with van der Waals surface area (Å²) in [5.74, 6) is -1.47. The number of nitrogens with zero attached hydrogens (tertiary/aromatic N) is 1. The predicted molar refractivity (Wildman–Crippen MR) is 257 cm³/mol. The van der Waals surface area contributed by atoms with Gasteiger partial charge in [0.2, 0.25) is 0 Å². The third-order valence-electron chi connectivity index (χ3n) is 11.9. The fraction of sp³-hybridized carbons (Fsp3) is 0.868. The maximum atomic E-state index is 12.8. The number of quaternary nitrogens is 1. The average Bonchev–Trinajstić information content (AvgIpc) is 3.22. The molecule has 61 heavy (non-hydrogen) atoms. The van der Waals surface area contributed by atoms with Gasteiger partial charge in [-0.3, -0.25) is 9.59 Å². The first-order chi connectivity index (χ1) is 29.6. The summed E-state index contributed by atoms with van der Waals surface area (Å²) in [6, 6.07) is -0.615. The molecule has 8 heteroatoms. The monoisotopic (exact) mass is 863 g/mol. The third kappa shape index (κ3) is 42.9. The Balaban J connectivity index is 4.24. The highest BCUT2D eigenvalue weighted by Gasteiger charge is 2.31. The molecule has 0 aliphatic carbocycles. The van der Waals surface area contributed by atoms with Crippen LogP contribution in [-0.2, 0) is 28.6 Å². The van der Waals surface area contributed by atoms with Crippen LogP contribution in [0, 0.1) is 0 Å². The molecule has 2 atom stereocenters. The van der Waals surface area contributed by atoms with Crippen molar-refractivity contribution in [2.45, 2.75) is 257 Å². The molecule has 0 bridgehead atoms. The van der Waals surface area contributed by atoms with Gasteiger partial charge in [0, 0.05) is 19.3 Å². The van der Waals surface area contributed by atoms with Crippen LogP contribution in [0.25, 0.3) is 0 Å². The van der Waals surface area contributed by atoms with Crippen molar-refractivity contribution in [2.24, 2.45) is 0 Å². The molecule has 0 aromatic heterocycles. The first-order valence-electron chi connectivity index (χ1n) is 25.9. The molecule has 0 aliphatic rings. The maximum Gasteiger partial charge on any atom is 0.362 e. The van der Waals surface area contributed by atoms with E-state index in [4.69, 9.17) is 14.2 Å². The van der Waals surface area contributed by atoms with Crippen molar-refractivity contribution in [3.63, 3.8) is 0 Å². The van der Waals surface area contributed by atoms with Crippen molar-refractivity contribution in [1.82, 2.24) is 0 Å². The lowest BCUT2D eigenvalue weighted by molar-refractivity contribution is -0.887. The second-order valence-electron chi connectivity index (χ2n) is 18.8. The van der Waals surface area contributed by atoms with E-state index in [9.17, 15) is 19.5 Å². The van der Waals surface area contributed by atoms with Gasteiger partial charge in [0.1, 0.15) is 6.61 Å². The third-order valence-corrected chi connectivity index (χ3v) is 11.9. The number of aliphatic carboxylic acids is 1. The molecule has 0 amide bonds. The number of hydrogen-bond donors (Lipinski definition) is 1. The molecule has 0 aromatic rings. The molecule has 0 fully saturated rings. The Hall–Kier alpha value is -2.19. The van der Waals surface area contributed by atoms with Crippen molar-refractivity contribution in [1.29, 1.82) is 0 Å². The number of rotatable bonds is 47. The van der Waals surface area contributed by atoms with Crippen LogP contribution in [0.3, 0.4) is 0 Å². The Labute approximate surface area is 377 Å². The molecule has 358 valence electrons. The van der Waals surface area contributed by atoms with E-state index in [1.165, 1.54) is 154 Å². The highest BCUT2D eigenvalue weighted by atomic mass is 16.6. The summed E-state index contributed by atoms with van der Waals surface area (Å²) in [7, 11) is 5.54. The Morgan fingerprint density at radius 3 is 1.23 bits per heavy atom. The van der Waals surface area contributed by atoms with E-state index in [1.807, 2.05) is 21.1 Å². The van der Waals surface area contributed by atoms with Crippen LogP contribution in [0.4, 0.5) is 0 Å². The van der Waals surface area contributed by atoms with Crippen LogP contribution in [0.5, 0.6) is 0 Å². The van der Waals surface area contributed by atoms with Crippen LogP contribution in [0.15, 0.2) is 24.3 Å². The smallest absolute Gasteiger partial charge is 0.362 e. The number of unbranched alkanes of at least 4 members (excludes halogenated alkanes) is 30. The van der Waals surface area contributed by atoms with Gasteiger partial charge >= 0.3 is 17.9 Å². The summed E-state index contributed by atoms with van der Waals surface area (Å²) in [5.41, 5.74) is 0. The van der Waals surface area contributed by atoms with Gasteiger partial charge < -0.3 is 23.8 Å². The summed E-state index contributed by atoms with van der Waals surface area (Å²) < 4.78 is 17.4. The lowest BCUT2D eigenvalue weighted by Gasteiger charge is -2.31. The van der Waals surface area contributed by atoms with E-state index < -0.39 is 18.1 Å². The average molecular weight is 863 g/mol. The van der Waals surface area contributed by atoms with Gasteiger partial charge in [-0.05, 0) is 38.5 Å². The Morgan fingerprint density at radius 1 is 0.492 bits per heavy atom. The molecule has 0 heterocycles. The quantitative estimate of drug-likeness (QED) is 0.0281. The maximum absolute atomic E-state index is 12.8. The summed E-state index contributed by atoms with van der Waals surface area (Å²) in [6.07, 6.45) is 50.8. The van der Waals surface area contributed by atoms with Crippen molar-refractivity contribution >= 4 is 17.9 Å². The fourth-order valence-electron chi connectivity index (χ4n) is 7.85. The highest BCUT2D eigenvalue weighted by Crippen LogP contribution is 2.16. The number of carboxylic acids is 1. The number of ether oxygens (including phenoxy) is 3. The molecule has 0 rings (SSSR count). The molecule has 0 aromatic carbocycles. The zero-order valence-corrected chi connectivity index (χ0v) is 40.9. The van der Waals surface area contributed by atoms with Gasteiger partial charge in [-0.1, -0.05) is 212 Å². The minimum absolute atomic E-state index is 0.0524. The number of carbonyl (C=O) groups is 3. The van der Waals surface area contributed by atoms with Gasteiger partial charge in [0.15, 0.2) is 12.1 Å². The van der Waals surface area contributed by atoms with Gasteiger partial charge in [-0.15, -0.1) is 0 Å². The normalized spacial score (nSPS) is 13.0. The van der Waals surface area contributed by atoms with Crippen molar-refractivity contribution in [3.05, 3.63) is 24.3 Å². The standard InChI is InChI=1S/C53H99NO7/c1-6-8-10-12-14-16-18-20-22-24-26-28-29-31-33-35-37-39-41-43-51(55)60-48-49(47-59-46-45-50(53(57)58)54(3,4)5)61-52(56)44-42-40-38-36-34-32-30-27-25-23-21-19-17-15-13-11-9-7-2/h23,25,27,30,49-50H,6-22,24,26,28-29,31-48H2,1-5H3/p+1/b25-23+,30-27+. The van der Waals surface area contributed by atoms with Crippen LogP contribution in [0.2, 0.25) is 0 Å². The molecular formula is C53H100NO7+. The predicted octanol–water partition coefficient (Wildman–Crippen LogP) is 14.8. The van der Waals surface area contributed by atoms with Gasteiger partial charge in [0.25, 0.3) is 0 Å². The summed E-state index contributed by atoms with van der Waals surface area (Å²) in [6.45, 7) is 4.76. The number of carboxylic acid groups (broad SMARTS) is 1.